The van der Waals surface area contributed by atoms with Gasteiger partial charge in [0.1, 0.15) is 5.38 Å². The average molecular weight is 599 g/mol. The summed E-state index contributed by atoms with van der Waals surface area (Å²) in [5.74, 6) is -0.324. The molecule has 5 rings (SSSR count). The van der Waals surface area contributed by atoms with Crippen molar-refractivity contribution in [2.45, 2.75) is 16.3 Å². The maximum Gasteiger partial charge on any atom is 0.261 e. The van der Waals surface area contributed by atoms with E-state index in [9.17, 15) is 13.2 Å². The molecule has 4 aromatic rings. The number of hydrogen-bond acceptors (Lipinski definition) is 5. The molecule has 0 spiro atoms. The molecule has 1 N–H and O–H groups in total. The third-order valence-electron chi connectivity index (χ3n) is 5.59. The Morgan fingerprint density at radius 3 is 2.28 bits per heavy atom. The zero-order chi connectivity index (χ0) is 25.6. The fourth-order valence-corrected chi connectivity index (χ4v) is 6.88. The van der Waals surface area contributed by atoms with Crippen LogP contribution in [-0.2, 0) is 14.8 Å². The molecule has 1 aliphatic rings. The van der Waals surface area contributed by atoms with Crippen molar-refractivity contribution in [2.24, 2.45) is 0 Å². The van der Waals surface area contributed by atoms with Gasteiger partial charge in [0.05, 0.1) is 22.3 Å². The van der Waals surface area contributed by atoms with Crippen molar-refractivity contribution >= 4 is 84.5 Å². The van der Waals surface area contributed by atoms with E-state index in [4.69, 9.17) is 46.4 Å². The third kappa shape index (κ3) is 4.58. The van der Waals surface area contributed by atoms with Gasteiger partial charge in [-0.05, 0) is 42.5 Å². The van der Waals surface area contributed by atoms with Crippen LogP contribution in [0.4, 0.5) is 10.8 Å². The Hall–Kier alpha value is -2.33. The summed E-state index contributed by atoms with van der Waals surface area (Å²) in [6, 6.07) is 17.2. The molecule has 1 amide bonds. The molecular weight excluding hydrogens is 584 g/mol. The van der Waals surface area contributed by atoms with E-state index in [-0.39, 0.29) is 10.8 Å². The number of aromatic nitrogens is 1. The number of anilines is 2. The quantitative estimate of drug-likeness (QED) is 0.187. The first-order chi connectivity index (χ1) is 17.2. The lowest BCUT2D eigenvalue weighted by molar-refractivity contribution is -0.123. The summed E-state index contributed by atoms with van der Waals surface area (Å²) in [4.78, 5) is 18.9. The van der Waals surface area contributed by atoms with Crippen molar-refractivity contribution < 1.29 is 13.2 Å². The van der Waals surface area contributed by atoms with Gasteiger partial charge in [-0.1, -0.05) is 59.1 Å². The molecule has 1 saturated heterocycles. The lowest BCUT2D eigenvalue weighted by atomic mass is 9.94. The number of alkyl halides is 1. The molecule has 2 unspecified atom stereocenters. The predicted molar refractivity (Wildman–Crippen MR) is 146 cm³/mol. The van der Waals surface area contributed by atoms with Crippen LogP contribution in [0.1, 0.15) is 11.6 Å². The number of benzene rings is 3. The number of sulfonamides is 1. The fraction of sp³-hybridized carbons (Fsp3) is 0.0833. The Labute approximate surface area is 231 Å². The van der Waals surface area contributed by atoms with Crippen LogP contribution >= 0.6 is 57.7 Å². The summed E-state index contributed by atoms with van der Waals surface area (Å²) in [6.07, 6.45) is 0. The number of halogens is 4. The van der Waals surface area contributed by atoms with Crippen molar-refractivity contribution in [1.29, 1.82) is 0 Å². The molecule has 1 aromatic heterocycles. The molecule has 0 radical (unpaired) electrons. The van der Waals surface area contributed by atoms with Gasteiger partial charge in [0.25, 0.3) is 10.0 Å². The SMILES string of the molecule is O=C1C(Cl)C(c2c(Cl)cccc2Cl)N1c1nc(-c2ccccc2NS(=O)(=O)c2ccc(Cl)cc2)cs1. The van der Waals surface area contributed by atoms with E-state index in [0.29, 0.717) is 42.7 Å². The molecule has 2 atom stereocenters. The fourth-order valence-electron chi connectivity index (χ4n) is 3.85. The van der Waals surface area contributed by atoms with Crippen LogP contribution in [0.3, 0.4) is 0 Å². The minimum Gasteiger partial charge on any atom is -0.279 e. The minimum absolute atomic E-state index is 0.0689. The van der Waals surface area contributed by atoms with Gasteiger partial charge in [-0.25, -0.2) is 13.4 Å². The maximum absolute atomic E-state index is 12.9. The van der Waals surface area contributed by atoms with Crippen molar-refractivity contribution in [1.82, 2.24) is 4.98 Å². The number of carbonyl (C=O) groups is 1. The lowest BCUT2D eigenvalue weighted by Crippen LogP contribution is -2.56. The number of nitrogens with zero attached hydrogens (tertiary/aromatic N) is 2. The Bertz CT molecular complexity index is 1560. The highest BCUT2D eigenvalue weighted by molar-refractivity contribution is 7.92. The second-order valence-electron chi connectivity index (χ2n) is 7.81. The zero-order valence-corrected chi connectivity index (χ0v) is 22.7. The van der Waals surface area contributed by atoms with Crippen LogP contribution in [0.2, 0.25) is 15.1 Å². The van der Waals surface area contributed by atoms with Crippen LogP contribution < -0.4 is 9.62 Å². The van der Waals surface area contributed by atoms with E-state index in [1.807, 2.05) is 0 Å². The van der Waals surface area contributed by atoms with Gasteiger partial charge < -0.3 is 0 Å². The van der Waals surface area contributed by atoms with Gasteiger partial charge in [-0.15, -0.1) is 22.9 Å². The standard InChI is InChI=1S/C24H15Cl4N3O3S2/c25-13-8-10-14(11-9-13)36(33,34)30-18-7-2-1-4-15(18)19-12-35-24(29-19)31-22(21(28)23(31)32)20-16(26)5-3-6-17(20)27/h1-12,21-22,30H. The zero-order valence-electron chi connectivity index (χ0n) is 18.0. The highest BCUT2D eigenvalue weighted by Crippen LogP contribution is 2.48. The first kappa shape index (κ1) is 25.3. The lowest BCUT2D eigenvalue weighted by Gasteiger charge is -2.43. The first-order valence-electron chi connectivity index (χ1n) is 10.4. The van der Waals surface area contributed by atoms with Gasteiger partial charge in [0.15, 0.2) is 5.13 Å². The largest absolute Gasteiger partial charge is 0.279 e. The number of β-lactam (4-membered cyclic amide) rings is 1. The van der Waals surface area contributed by atoms with Crippen LogP contribution in [-0.4, -0.2) is 24.7 Å². The monoisotopic (exact) mass is 597 g/mol. The molecule has 1 fully saturated rings. The van der Waals surface area contributed by atoms with Gasteiger partial charge >= 0.3 is 0 Å². The van der Waals surface area contributed by atoms with Gasteiger partial charge in [0, 0.05) is 31.6 Å². The first-order valence-corrected chi connectivity index (χ1v) is 14.3. The van der Waals surface area contributed by atoms with E-state index in [1.165, 1.54) is 40.5 Å². The average Bonchev–Trinajstić information content (AvgIpc) is 3.32. The Morgan fingerprint density at radius 2 is 1.58 bits per heavy atom. The molecular formula is C24H15Cl4N3O3S2. The normalized spacial score (nSPS) is 17.7. The maximum atomic E-state index is 12.9. The number of rotatable bonds is 6. The molecule has 12 heteroatoms. The van der Waals surface area contributed by atoms with Crippen molar-refractivity contribution in [3.05, 3.63) is 92.7 Å². The summed E-state index contributed by atoms with van der Waals surface area (Å²) in [7, 11) is -3.88. The van der Waals surface area contributed by atoms with E-state index < -0.39 is 21.4 Å². The molecule has 3 aromatic carbocycles. The van der Waals surface area contributed by atoms with E-state index in [2.05, 4.69) is 9.71 Å². The van der Waals surface area contributed by atoms with Crippen LogP contribution in [0.15, 0.2) is 77.0 Å². The summed E-state index contributed by atoms with van der Waals surface area (Å²) in [5, 5.41) is 2.52. The van der Waals surface area contributed by atoms with E-state index in [1.54, 1.807) is 47.8 Å². The highest BCUT2D eigenvalue weighted by atomic mass is 35.5. The number of para-hydroxylation sites is 1. The molecule has 6 nitrogen and oxygen atoms in total. The molecule has 1 aliphatic heterocycles. The second kappa shape index (κ2) is 9.85. The Morgan fingerprint density at radius 1 is 0.917 bits per heavy atom. The molecule has 36 heavy (non-hydrogen) atoms. The molecule has 184 valence electrons. The predicted octanol–water partition coefficient (Wildman–Crippen LogP) is 7.27. The summed E-state index contributed by atoms with van der Waals surface area (Å²) in [6.45, 7) is 0. The van der Waals surface area contributed by atoms with Gasteiger partial charge in [-0.3, -0.25) is 14.4 Å². The van der Waals surface area contributed by atoms with Gasteiger partial charge in [-0.2, -0.15) is 0 Å². The summed E-state index contributed by atoms with van der Waals surface area (Å²) < 4.78 is 28.5. The van der Waals surface area contributed by atoms with Gasteiger partial charge in [0.2, 0.25) is 5.91 Å². The molecule has 0 bridgehead atoms. The second-order valence-corrected chi connectivity index (χ2v) is 12.1. The van der Waals surface area contributed by atoms with Crippen molar-refractivity contribution in [3.63, 3.8) is 0 Å². The van der Waals surface area contributed by atoms with Crippen LogP contribution in [0, 0.1) is 0 Å². The van der Waals surface area contributed by atoms with Crippen LogP contribution in [0.25, 0.3) is 11.3 Å². The van der Waals surface area contributed by atoms with Crippen molar-refractivity contribution in [3.8, 4) is 11.3 Å². The number of nitrogens with one attached hydrogen (secondary N) is 1. The molecule has 0 aliphatic carbocycles. The minimum atomic E-state index is -3.88. The topological polar surface area (TPSA) is 79.4 Å². The number of amides is 1. The summed E-state index contributed by atoms with van der Waals surface area (Å²) in [5.41, 5.74) is 1.91. The molecule has 2 heterocycles. The Kier molecular flexibility index (Phi) is 6.93. The number of hydrogen-bond donors (Lipinski definition) is 1. The molecule has 0 saturated carbocycles. The smallest absolute Gasteiger partial charge is 0.261 e. The number of carbonyl (C=O) groups excluding carboxylic acids is 1. The van der Waals surface area contributed by atoms with Crippen LogP contribution in [0.5, 0.6) is 0 Å². The van der Waals surface area contributed by atoms with E-state index >= 15 is 0 Å². The van der Waals surface area contributed by atoms with E-state index in [0.717, 1.165) is 0 Å². The third-order valence-corrected chi connectivity index (χ3v) is 9.15. The highest BCUT2D eigenvalue weighted by Gasteiger charge is 2.50. The summed E-state index contributed by atoms with van der Waals surface area (Å²) >= 11 is 26.2. The number of thiazole rings is 1. The van der Waals surface area contributed by atoms with Crippen molar-refractivity contribution in [2.75, 3.05) is 9.62 Å². The Balaban J connectivity index is 1.47.